The van der Waals surface area contributed by atoms with Crippen LogP contribution in [0.2, 0.25) is 0 Å². The average Bonchev–Trinajstić information content (AvgIpc) is 3.25. The number of amides is 1. The molecule has 0 fully saturated rings. The molecular weight excluding hydrogens is 464 g/mol. The first-order valence-corrected chi connectivity index (χ1v) is 12.8. The predicted molar refractivity (Wildman–Crippen MR) is 133 cm³/mol. The zero-order valence-electron chi connectivity index (χ0n) is 20.2. The predicted octanol–water partition coefficient (Wildman–Crippen LogP) is 5.05. The molecular formula is C27H28N2O5S. The van der Waals surface area contributed by atoms with Gasteiger partial charge in [-0.15, -0.1) is 11.3 Å². The van der Waals surface area contributed by atoms with Gasteiger partial charge in [-0.3, -0.25) is 14.5 Å². The minimum Gasteiger partial charge on any atom is -0.493 e. The molecule has 0 saturated heterocycles. The maximum atomic E-state index is 13.8. The third-order valence-electron chi connectivity index (χ3n) is 7.25. The zero-order chi connectivity index (χ0) is 24.7. The van der Waals surface area contributed by atoms with E-state index in [1.54, 1.807) is 36.5 Å². The largest absolute Gasteiger partial charge is 0.493 e. The van der Waals surface area contributed by atoms with Crippen molar-refractivity contribution < 1.29 is 23.8 Å². The molecule has 2 aliphatic carbocycles. The molecule has 0 spiro atoms. The minimum absolute atomic E-state index is 0.0467. The van der Waals surface area contributed by atoms with Crippen LogP contribution in [0.5, 0.6) is 17.2 Å². The van der Waals surface area contributed by atoms with Crippen molar-refractivity contribution in [3.8, 4) is 23.3 Å². The number of benzene rings is 1. The summed E-state index contributed by atoms with van der Waals surface area (Å²) in [6, 6.07) is 6.01. The lowest BCUT2D eigenvalue weighted by Crippen LogP contribution is -2.40. The summed E-state index contributed by atoms with van der Waals surface area (Å²) in [6.45, 7) is 0. The van der Waals surface area contributed by atoms with Gasteiger partial charge in [-0.25, -0.2) is 0 Å². The van der Waals surface area contributed by atoms with E-state index >= 15 is 0 Å². The highest BCUT2D eigenvalue weighted by Gasteiger charge is 2.43. The number of allylic oxidation sites excluding steroid dienone is 2. The summed E-state index contributed by atoms with van der Waals surface area (Å²) in [5.74, 6) is 0.916. The van der Waals surface area contributed by atoms with Crippen LogP contribution >= 0.6 is 11.3 Å². The molecule has 0 bridgehead atoms. The number of anilines is 1. The van der Waals surface area contributed by atoms with E-state index in [-0.39, 0.29) is 18.1 Å². The molecule has 3 aliphatic rings. The fourth-order valence-corrected chi connectivity index (χ4v) is 7.10. The standard InChI is InChI=1S/C27H28N2O5S/c1-32-21-12-11-16(25(33-2)26(21)34-3)17-13-23(31)29(19-8-6-9-20(30)24(17)19)27-18(14-28)15-7-4-5-10-22(15)35-27/h11-12,17H,4-10,13H2,1-3H3/t17-/m0/s1. The molecule has 35 heavy (non-hydrogen) atoms. The smallest absolute Gasteiger partial charge is 0.232 e. The SMILES string of the molecule is COc1ccc([C@@H]2CC(=O)N(c3sc4c(c3C#N)CCCC4)C3=C2C(=O)CCC3)c(OC)c1OC. The van der Waals surface area contributed by atoms with E-state index in [1.807, 2.05) is 6.07 Å². The quantitative estimate of drug-likeness (QED) is 0.580. The number of carbonyl (C=O) groups is 2. The van der Waals surface area contributed by atoms with Crippen molar-refractivity contribution in [2.24, 2.45) is 0 Å². The number of carbonyl (C=O) groups excluding carboxylic acids is 2. The first-order valence-electron chi connectivity index (χ1n) is 12.0. The summed E-state index contributed by atoms with van der Waals surface area (Å²) in [5, 5.41) is 10.7. The number of ether oxygens (including phenoxy) is 3. The molecule has 1 aromatic carbocycles. The Morgan fingerprint density at radius 2 is 1.74 bits per heavy atom. The van der Waals surface area contributed by atoms with Crippen LogP contribution in [-0.2, 0) is 22.4 Å². The van der Waals surface area contributed by atoms with Gasteiger partial charge in [0.2, 0.25) is 11.7 Å². The second-order valence-corrected chi connectivity index (χ2v) is 10.1. The number of aryl methyl sites for hydroxylation is 1. The van der Waals surface area contributed by atoms with Crippen LogP contribution in [0.1, 0.15) is 66.0 Å². The van der Waals surface area contributed by atoms with Crippen LogP contribution in [0.15, 0.2) is 23.4 Å². The van der Waals surface area contributed by atoms with Crippen molar-refractivity contribution in [3.05, 3.63) is 45.0 Å². The highest BCUT2D eigenvalue weighted by Crippen LogP contribution is 2.51. The molecule has 0 saturated carbocycles. The van der Waals surface area contributed by atoms with E-state index in [4.69, 9.17) is 14.2 Å². The lowest BCUT2D eigenvalue weighted by molar-refractivity contribution is -0.119. The summed E-state index contributed by atoms with van der Waals surface area (Å²) < 4.78 is 16.7. The average molecular weight is 493 g/mol. The van der Waals surface area contributed by atoms with E-state index in [1.165, 1.54) is 12.0 Å². The Morgan fingerprint density at radius 3 is 2.46 bits per heavy atom. The lowest BCUT2D eigenvalue weighted by Gasteiger charge is -2.38. The van der Waals surface area contributed by atoms with Gasteiger partial charge < -0.3 is 14.2 Å². The number of nitriles is 1. The number of Topliss-reactive ketones (excluding diaryl/α,β-unsaturated/α-hetero) is 1. The van der Waals surface area contributed by atoms with Crippen molar-refractivity contribution >= 4 is 28.0 Å². The van der Waals surface area contributed by atoms with E-state index in [0.717, 1.165) is 42.5 Å². The molecule has 1 atom stereocenters. The van der Waals surface area contributed by atoms with Crippen LogP contribution in [0, 0.1) is 11.3 Å². The van der Waals surface area contributed by atoms with Crippen LogP contribution in [0.4, 0.5) is 5.00 Å². The topological polar surface area (TPSA) is 88.9 Å². The first kappa shape index (κ1) is 23.4. The van der Waals surface area contributed by atoms with Gasteiger partial charge in [-0.05, 0) is 50.2 Å². The molecule has 1 aromatic heterocycles. The number of ketones is 1. The fourth-order valence-electron chi connectivity index (χ4n) is 5.72. The highest BCUT2D eigenvalue weighted by molar-refractivity contribution is 7.16. The third kappa shape index (κ3) is 3.69. The Hall–Kier alpha value is -3.31. The summed E-state index contributed by atoms with van der Waals surface area (Å²) in [4.78, 5) is 30.0. The Kier molecular flexibility index (Phi) is 6.28. The van der Waals surface area contributed by atoms with Gasteiger partial charge in [-0.2, -0.15) is 5.26 Å². The fraction of sp³-hybridized carbons (Fsp3) is 0.444. The second-order valence-electron chi connectivity index (χ2n) is 9.05. The van der Waals surface area contributed by atoms with Crippen molar-refractivity contribution in [1.82, 2.24) is 0 Å². The Balaban J connectivity index is 1.69. The Morgan fingerprint density at radius 1 is 0.971 bits per heavy atom. The van der Waals surface area contributed by atoms with Crippen molar-refractivity contribution in [2.45, 2.75) is 57.3 Å². The normalized spacial score (nSPS) is 19.7. The number of rotatable bonds is 5. The number of hydrogen-bond acceptors (Lipinski definition) is 7. The summed E-state index contributed by atoms with van der Waals surface area (Å²) in [7, 11) is 4.64. The first-order chi connectivity index (χ1) is 17.0. The Labute approximate surface area is 208 Å². The molecule has 8 heteroatoms. The molecule has 182 valence electrons. The van der Waals surface area contributed by atoms with Gasteiger partial charge in [0.1, 0.15) is 11.1 Å². The van der Waals surface area contributed by atoms with Gasteiger partial charge in [0, 0.05) is 40.5 Å². The molecule has 1 aliphatic heterocycles. The number of nitrogens with zero attached hydrogens (tertiary/aromatic N) is 2. The molecule has 5 rings (SSSR count). The van der Waals surface area contributed by atoms with Crippen LogP contribution in [0.25, 0.3) is 0 Å². The highest BCUT2D eigenvalue weighted by atomic mass is 32.1. The van der Waals surface area contributed by atoms with Crippen LogP contribution in [-0.4, -0.2) is 33.0 Å². The molecule has 0 N–H and O–H groups in total. The maximum Gasteiger partial charge on any atom is 0.232 e. The van der Waals surface area contributed by atoms with Crippen LogP contribution in [0.3, 0.4) is 0 Å². The summed E-state index contributed by atoms with van der Waals surface area (Å²) in [5.41, 5.74) is 3.79. The molecule has 2 heterocycles. The Bertz CT molecular complexity index is 1290. The van der Waals surface area contributed by atoms with E-state index in [9.17, 15) is 14.9 Å². The van der Waals surface area contributed by atoms with Gasteiger partial charge in [-0.1, -0.05) is 6.07 Å². The third-order valence-corrected chi connectivity index (χ3v) is 8.53. The number of thiophene rings is 1. The second kappa shape index (κ2) is 9.38. The molecule has 0 radical (unpaired) electrons. The van der Waals surface area contributed by atoms with Gasteiger partial charge >= 0.3 is 0 Å². The van der Waals surface area contributed by atoms with Crippen LogP contribution < -0.4 is 19.1 Å². The number of methoxy groups -OCH3 is 3. The summed E-state index contributed by atoms with van der Waals surface area (Å²) in [6.07, 6.45) is 5.82. The van der Waals surface area contributed by atoms with Gasteiger partial charge in [0.25, 0.3) is 0 Å². The van der Waals surface area contributed by atoms with Crippen molar-refractivity contribution in [1.29, 1.82) is 5.26 Å². The van der Waals surface area contributed by atoms with Crippen molar-refractivity contribution in [2.75, 3.05) is 26.2 Å². The zero-order valence-corrected chi connectivity index (χ0v) is 21.0. The van der Waals surface area contributed by atoms with E-state index in [0.29, 0.717) is 52.6 Å². The molecule has 7 nitrogen and oxygen atoms in total. The molecule has 1 amide bonds. The van der Waals surface area contributed by atoms with Gasteiger partial charge in [0.15, 0.2) is 17.3 Å². The molecule has 0 unspecified atom stereocenters. The van der Waals surface area contributed by atoms with E-state index < -0.39 is 5.92 Å². The molecule has 2 aromatic rings. The number of hydrogen-bond donors (Lipinski definition) is 0. The van der Waals surface area contributed by atoms with E-state index in [2.05, 4.69) is 6.07 Å². The lowest BCUT2D eigenvalue weighted by atomic mass is 9.77. The minimum atomic E-state index is -0.448. The van der Waals surface area contributed by atoms with Crippen molar-refractivity contribution in [3.63, 3.8) is 0 Å². The number of fused-ring (bicyclic) bond motifs is 1. The van der Waals surface area contributed by atoms with Gasteiger partial charge in [0.05, 0.1) is 26.9 Å². The summed E-state index contributed by atoms with van der Waals surface area (Å²) >= 11 is 1.55. The maximum absolute atomic E-state index is 13.8. The monoisotopic (exact) mass is 492 g/mol.